The van der Waals surface area contributed by atoms with Crippen molar-refractivity contribution in [2.24, 2.45) is 0 Å². The van der Waals surface area contributed by atoms with Gasteiger partial charge in [0.25, 0.3) is 0 Å². The van der Waals surface area contributed by atoms with Crippen LogP contribution in [0.1, 0.15) is 19.8 Å². The Hall–Kier alpha value is -0.480. The molecule has 0 heterocycles. The van der Waals surface area contributed by atoms with Crippen LogP contribution in [-0.4, -0.2) is 5.88 Å². The summed E-state index contributed by atoms with van der Waals surface area (Å²) in [5.74, 6) is 0.602. The number of nitrogens with zero attached hydrogens (tertiary/aromatic N) is 1. The molecule has 0 spiro atoms. The molecule has 0 saturated carbocycles. The Labute approximate surface area is 60.9 Å². The number of hydrogen-bond acceptors (Lipinski definition) is 1. The zero-order valence-corrected chi connectivity index (χ0v) is 6.28. The standard InChI is InChI=1S/C7H10ClN/c1-2-7(6-9)4-3-5-8/h4H,2-3,5H2,1H3/b7-4-. The van der Waals surface area contributed by atoms with Crippen LogP contribution < -0.4 is 0 Å². The van der Waals surface area contributed by atoms with E-state index in [-0.39, 0.29) is 0 Å². The summed E-state index contributed by atoms with van der Waals surface area (Å²) in [6.07, 6.45) is 3.50. The lowest BCUT2D eigenvalue weighted by molar-refractivity contribution is 1.10. The van der Waals surface area contributed by atoms with Gasteiger partial charge in [-0.15, -0.1) is 11.6 Å². The zero-order valence-electron chi connectivity index (χ0n) is 5.52. The Kier molecular flexibility index (Phi) is 5.35. The highest BCUT2D eigenvalue weighted by atomic mass is 35.5. The summed E-state index contributed by atoms with van der Waals surface area (Å²) >= 11 is 5.41. The third kappa shape index (κ3) is 4.05. The lowest BCUT2D eigenvalue weighted by atomic mass is 10.2. The van der Waals surface area contributed by atoms with Crippen LogP contribution in [0.15, 0.2) is 11.6 Å². The van der Waals surface area contributed by atoms with Gasteiger partial charge in [-0.3, -0.25) is 0 Å². The zero-order chi connectivity index (χ0) is 7.11. The van der Waals surface area contributed by atoms with Gasteiger partial charge in [-0.05, 0) is 12.8 Å². The highest BCUT2D eigenvalue weighted by Gasteiger charge is 1.87. The van der Waals surface area contributed by atoms with Crippen molar-refractivity contribution in [3.05, 3.63) is 11.6 Å². The molecule has 0 fully saturated rings. The summed E-state index contributed by atoms with van der Waals surface area (Å²) in [5.41, 5.74) is 0.829. The summed E-state index contributed by atoms with van der Waals surface area (Å²) in [4.78, 5) is 0. The summed E-state index contributed by atoms with van der Waals surface area (Å²) < 4.78 is 0. The van der Waals surface area contributed by atoms with E-state index in [1.165, 1.54) is 0 Å². The summed E-state index contributed by atoms with van der Waals surface area (Å²) in [7, 11) is 0. The first kappa shape index (κ1) is 8.52. The van der Waals surface area contributed by atoms with Crippen LogP contribution in [-0.2, 0) is 0 Å². The van der Waals surface area contributed by atoms with Crippen molar-refractivity contribution in [2.45, 2.75) is 19.8 Å². The molecule has 2 heteroatoms. The van der Waals surface area contributed by atoms with Crippen molar-refractivity contribution in [2.75, 3.05) is 5.88 Å². The lowest BCUT2D eigenvalue weighted by Crippen LogP contribution is -1.75. The van der Waals surface area contributed by atoms with E-state index in [0.29, 0.717) is 5.88 Å². The molecule has 0 atom stereocenters. The first-order chi connectivity index (χ1) is 4.35. The van der Waals surface area contributed by atoms with Crippen molar-refractivity contribution in [3.63, 3.8) is 0 Å². The molecular weight excluding hydrogens is 134 g/mol. The molecule has 0 aliphatic heterocycles. The van der Waals surface area contributed by atoms with Crippen molar-refractivity contribution >= 4 is 11.6 Å². The molecule has 9 heavy (non-hydrogen) atoms. The van der Waals surface area contributed by atoms with Gasteiger partial charge in [0.2, 0.25) is 0 Å². The molecule has 0 unspecified atom stereocenters. The maximum absolute atomic E-state index is 8.39. The van der Waals surface area contributed by atoms with Crippen LogP contribution >= 0.6 is 11.6 Å². The predicted molar refractivity (Wildman–Crippen MR) is 39.3 cm³/mol. The van der Waals surface area contributed by atoms with Gasteiger partial charge in [0.1, 0.15) is 0 Å². The van der Waals surface area contributed by atoms with Gasteiger partial charge in [0.15, 0.2) is 0 Å². The maximum atomic E-state index is 8.39. The number of alkyl halides is 1. The minimum Gasteiger partial charge on any atom is -0.193 e. The molecule has 0 bridgehead atoms. The molecule has 0 aromatic rings. The van der Waals surface area contributed by atoms with E-state index in [9.17, 15) is 0 Å². The molecule has 0 aliphatic carbocycles. The first-order valence-electron chi connectivity index (χ1n) is 3.00. The minimum atomic E-state index is 0.602. The second kappa shape index (κ2) is 5.65. The molecule has 0 aromatic carbocycles. The summed E-state index contributed by atoms with van der Waals surface area (Å²) in [6, 6.07) is 2.09. The van der Waals surface area contributed by atoms with Gasteiger partial charge in [-0.2, -0.15) is 5.26 Å². The van der Waals surface area contributed by atoms with E-state index in [2.05, 4.69) is 6.07 Å². The lowest BCUT2D eigenvalue weighted by Gasteiger charge is -1.87. The van der Waals surface area contributed by atoms with Gasteiger partial charge in [-0.25, -0.2) is 0 Å². The Morgan fingerprint density at radius 2 is 2.44 bits per heavy atom. The Morgan fingerprint density at radius 3 is 2.78 bits per heavy atom. The fourth-order valence-corrected chi connectivity index (χ4v) is 0.607. The Bertz CT molecular complexity index is 132. The first-order valence-corrected chi connectivity index (χ1v) is 3.53. The van der Waals surface area contributed by atoms with Crippen molar-refractivity contribution in [1.82, 2.24) is 0 Å². The molecular formula is C7H10ClN. The van der Waals surface area contributed by atoms with Crippen LogP contribution in [0.25, 0.3) is 0 Å². The van der Waals surface area contributed by atoms with E-state index < -0.39 is 0 Å². The average molecular weight is 144 g/mol. The number of halogens is 1. The number of nitriles is 1. The molecule has 0 amide bonds. The van der Waals surface area contributed by atoms with Crippen molar-refractivity contribution in [3.8, 4) is 6.07 Å². The molecule has 1 nitrogen and oxygen atoms in total. The van der Waals surface area contributed by atoms with Crippen LogP contribution in [0, 0.1) is 11.3 Å². The normalized spacial score (nSPS) is 11.0. The molecule has 0 radical (unpaired) electrons. The fraction of sp³-hybridized carbons (Fsp3) is 0.571. The molecule has 50 valence electrons. The summed E-state index contributed by atoms with van der Waals surface area (Å²) in [6.45, 7) is 1.96. The van der Waals surface area contributed by atoms with Crippen LogP contribution in [0.4, 0.5) is 0 Å². The second-order valence-corrected chi connectivity index (χ2v) is 2.05. The van der Waals surface area contributed by atoms with Gasteiger partial charge < -0.3 is 0 Å². The van der Waals surface area contributed by atoms with Gasteiger partial charge in [0, 0.05) is 11.5 Å². The number of allylic oxidation sites excluding steroid dienone is 2. The Morgan fingerprint density at radius 1 is 1.78 bits per heavy atom. The van der Waals surface area contributed by atoms with E-state index in [4.69, 9.17) is 16.9 Å². The Balaban J connectivity index is 3.66. The van der Waals surface area contributed by atoms with Crippen molar-refractivity contribution in [1.29, 1.82) is 5.26 Å². The van der Waals surface area contributed by atoms with E-state index in [1.54, 1.807) is 0 Å². The highest BCUT2D eigenvalue weighted by molar-refractivity contribution is 6.17. The van der Waals surface area contributed by atoms with Crippen LogP contribution in [0.5, 0.6) is 0 Å². The summed E-state index contributed by atoms with van der Waals surface area (Å²) in [5, 5.41) is 8.39. The van der Waals surface area contributed by atoms with Gasteiger partial charge >= 0.3 is 0 Å². The monoisotopic (exact) mass is 143 g/mol. The molecule has 0 N–H and O–H groups in total. The van der Waals surface area contributed by atoms with E-state index in [1.807, 2.05) is 13.0 Å². The quantitative estimate of drug-likeness (QED) is 0.440. The SMILES string of the molecule is CC/C(C#N)=C/CCCl. The number of rotatable bonds is 3. The fourth-order valence-electron chi connectivity index (χ4n) is 0.498. The third-order valence-corrected chi connectivity index (χ3v) is 1.24. The van der Waals surface area contributed by atoms with E-state index >= 15 is 0 Å². The van der Waals surface area contributed by atoms with Crippen molar-refractivity contribution < 1.29 is 0 Å². The molecule has 0 saturated heterocycles. The van der Waals surface area contributed by atoms with Gasteiger partial charge in [-0.1, -0.05) is 13.0 Å². The molecule has 0 rings (SSSR count). The minimum absolute atomic E-state index is 0.602. The third-order valence-electron chi connectivity index (χ3n) is 1.02. The average Bonchev–Trinajstić information content (AvgIpc) is 1.91. The largest absolute Gasteiger partial charge is 0.193 e. The molecule has 0 aromatic heterocycles. The topological polar surface area (TPSA) is 23.8 Å². The second-order valence-electron chi connectivity index (χ2n) is 1.67. The maximum Gasteiger partial charge on any atom is 0.0943 e. The number of hydrogen-bond donors (Lipinski definition) is 0. The van der Waals surface area contributed by atoms with Crippen LogP contribution in [0.2, 0.25) is 0 Å². The highest BCUT2D eigenvalue weighted by Crippen LogP contribution is 2.00. The smallest absolute Gasteiger partial charge is 0.0943 e. The van der Waals surface area contributed by atoms with E-state index in [0.717, 1.165) is 18.4 Å². The predicted octanol–water partition coefficient (Wildman–Crippen LogP) is 2.48. The van der Waals surface area contributed by atoms with Crippen LogP contribution in [0.3, 0.4) is 0 Å². The molecule has 0 aliphatic rings. The van der Waals surface area contributed by atoms with Gasteiger partial charge in [0.05, 0.1) is 6.07 Å².